The van der Waals surface area contributed by atoms with Crippen molar-refractivity contribution in [2.75, 3.05) is 13.2 Å². The number of carbonyl (C=O) groups is 2. The number of rotatable bonds is 7. The molecule has 0 unspecified atom stereocenters. The summed E-state index contributed by atoms with van der Waals surface area (Å²) in [6.07, 6.45) is 3.37. The first-order valence-electron chi connectivity index (χ1n) is 10.4. The molecule has 32 heavy (non-hydrogen) atoms. The first kappa shape index (κ1) is 21.9. The minimum atomic E-state index is -0.416. The topological polar surface area (TPSA) is 80.6 Å². The third kappa shape index (κ3) is 5.46. The van der Waals surface area contributed by atoms with Crippen molar-refractivity contribution in [3.8, 4) is 11.3 Å². The molecule has 3 aromatic rings. The Morgan fingerprint density at radius 1 is 1.03 bits per heavy atom. The molecule has 0 saturated carbocycles. The van der Waals surface area contributed by atoms with Crippen LogP contribution in [0, 0.1) is 0 Å². The van der Waals surface area contributed by atoms with E-state index in [1.165, 1.54) is 6.08 Å². The number of furan rings is 1. The molecule has 4 rings (SSSR count). The van der Waals surface area contributed by atoms with Gasteiger partial charge >= 0.3 is 0 Å². The quantitative estimate of drug-likeness (QED) is 0.513. The van der Waals surface area contributed by atoms with Crippen LogP contribution in [0.15, 0.2) is 76.8 Å². The second-order valence-corrected chi connectivity index (χ2v) is 7.81. The molecule has 0 radical (unpaired) electrons. The predicted molar refractivity (Wildman–Crippen MR) is 123 cm³/mol. The molecule has 1 aliphatic heterocycles. The summed E-state index contributed by atoms with van der Waals surface area (Å²) in [4.78, 5) is 25.6. The molecule has 2 heterocycles. The van der Waals surface area contributed by atoms with E-state index in [0.29, 0.717) is 35.3 Å². The van der Waals surface area contributed by atoms with Crippen LogP contribution >= 0.6 is 11.6 Å². The molecular formula is C25H23ClN2O4. The third-order valence-electron chi connectivity index (χ3n) is 5.10. The normalized spacial score (nSPS) is 16.0. The van der Waals surface area contributed by atoms with Crippen molar-refractivity contribution in [3.63, 3.8) is 0 Å². The second kappa shape index (κ2) is 10.3. The number of ether oxygens (including phenoxy) is 1. The average molecular weight is 451 g/mol. The molecule has 7 heteroatoms. The SMILES string of the molecule is O=C(NC[C@H]1CCCO1)/C(=C/c1ccc(-c2ccccc2Cl)o1)NC(=O)c1ccccc1. The molecule has 0 aliphatic carbocycles. The van der Waals surface area contributed by atoms with Gasteiger partial charge in [0, 0.05) is 30.4 Å². The Balaban J connectivity index is 1.56. The van der Waals surface area contributed by atoms with Crippen LogP contribution in [-0.4, -0.2) is 31.1 Å². The van der Waals surface area contributed by atoms with Gasteiger partial charge in [-0.3, -0.25) is 9.59 Å². The number of hydrogen-bond acceptors (Lipinski definition) is 4. The fourth-order valence-corrected chi connectivity index (χ4v) is 3.66. The highest BCUT2D eigenvalue weighted by molar-refractivity contribution is 6.33. The van der Waals surface area contributed by atoms with Gasteiger partial charge in [-0.2, -0.15) is 0 Å². The lowest BCUT2D eigenvalue weighted by atomic mass is 10.2. The lowest BCUT2D eigenvalue weighted by molar-refractivity contribution is -0.118. The summed E-state index contributed by atoms with van der Waals surface area (Å²) < 4.78 is 11.4. The summed E-state index contributed by atoms with van der Waals surface area (Å²) in [6.45, 7) is 1.08. The first-order valence-corrected chi connectivity index (χ1v) is 10.8. The summed E-state index contributed by atoms with van der Waals surface area (Å²) in [6, 6.07) is 19.5. The van der Waals surface area contributed by atoms with Crippen LogP contribution in [0.25, 0.3) is 17.4 Å². The number of hydrogen-bond donors (Lipinski definition) is 2. The largest absolute Gasteiger partial charge is 0.457 e. The van der Waals surface area contributed by atoms with Crippen LogP contribution in [0.4, 0.5) is 0 Å². The van der Waals surface area contributed by atoms with Crippen molar-refractivity contribution in [2.24, 2.45) is 0 Å². The molecule has 0 spiro atoms. The number of amides is 2. The summed E-state index contributed by atoms with van der Waals surface area (Å²) in [5, 5.41) is 6.10. The fraction of sp³-hybridized carbons (Fsp3) is 0.200. The van der Waals surface area contributed by atoms with E-state index < -0.39 is 5.91 Å². The maximum absolute atomic E-state index is 12.9. The average Bonchev–Trinajstić information content (AvgIpc) is 3.50. The van der Waals surface area contributed by atoms with Crippen LogP contribution in [0.3, 0.4) is 0 Å². The fourth-order valence-electron chi connectivity index (χ4n) is 3.43. The maximum atomic E-state index is 12.9. The summed E-state index contributed by atoms with van der Waals surface area (Å²) >= 11 is 6.26. The van der Waals surface area contributed by atoms with E-state index in [9.17, 15) is 9.59 Å². The monoisotopic (exact) mass is 450 g/mol. The number of carbonyl (C=O) groups excluding carboxylic acids is 2. The first-order chi connectivity index (χ1) is 15.6. The second-order valence-electron chi connectivity index (χ2n) is 7.41. The molecule has 1 fully saturated rings. The lowest BCUT2D eigenvalue weighted by Gasteiger charge is -2.13. The van der Waals surface area contributed by atoms with Gasteiger partial charge in [-0.15, -0.1) is 0 Å². The molecule has 6 nitrogen and oxygen atoms in total. The van der Waals surface area contributed by atoms with Gasteiger partial charge in [0.15, 0.2) is 0 Å². The van der Waals surface area contributed by atoms with Gasteiger partial charge < -0.3 is 19.8 Å². The Morgan fingerprint density at radius 3 is 2.56 bits per heavy atom. The summed E-state index contributed by atoms with van der Waals surface area (Å²) in [5.41, 5.74) is 1.27. The van der Waals surface area contributed by atoms with Crippen molar-refractivity contribution in [3.05, 3.63) is 88.8 Å². The Labute approximate surface area is 191 Å². The van der Waals surface area contributed by atoms with E-state index in [0.717, 1.165) is 18.4 Å². The number of nitrogens with one attached hydrogen (secondary N) is 2. The highest BCUT2D eigenvalue weighted by atomic mass is 35.5. The molecule has 0 bridgehead atoms. The van der Waals surface area contributed by atoms with E-state index in [4.69, 9.17) is 20.8 Å². The highest BCUT2D eigenvalue weighted by Gasteiger charge is 2.20. The molecule has 164 valence electrons. The molecule has 1 atom stereocenters. The van der Waals surface area contributed by atoms with Crippen LogP contribution in [-0.2, 0) is 9.53 Å². The zero-order chi connectivity index (χ0) is 22.3. The van der Waals surface area contributed by atoms with Crippen molar-refractivity contribution in [2.45, 2.75) is 18.9 Å². The van der Waals surface area contributed by atoms with Gasteiger partial charge in [0.25, 0.3) is 11.8 Å². The van der Waals surface area contributed by atoms with Crippen molar-refractivity contribution < 1.29 is 18.7 Å². The van der Waals surface area contributed by atoms with E-state index in [1.54, 1.807) is 42.5 Å². The van der Waals surface area contributed by atoms with Crippen molar-refractivity contribution in [1.29, 1.82) is 0 Å². The Hall–Kier alpha value is -3.35. The van der Waals surface area contributed by atoms with E-state index in [1.807, 2.05) is 24.3 Å². The molecule has 1 saturated heterocycles. The molecule has 2 amide bonds. The molecule has 2 aromatic carbocycles. The number of benzene rings is 2. The smallest absolute Gasteiger partial charge is 0.268 e. The van der Waals surface area contributed by atoms with Crippen molar-refractivity contribution in [1.82, 2.24) is 10.6 Å². The third-order valence-corrected chi connectivity index (χ3v) is 5.43. The van der Waals surface area contributed by atoms with E-state index in [2.05, 4.69) is 10.6 Å². The lowest BCUT2D eigenvalue weighted by Crippen LogP contribution is -2.38. The van der Waals surface area contributed by atoms with Gasteiger partial charge in [-0.05, 0) is 49.2 Å². The summed E-state index contributed by atoms with van der Waals surface area (Å²) in [5.74, 6) is 0.174. The Kier molecular flexibility index (Phi) is 7.04. The number of halogens is 1. The summed E-state index contributed by atoms with van der Waals surface area (Å²) in [7, 11) is 0. The van der Waals surface area contributed by atoms with Gasteiger partial charge in [0.05, 0.1) is 11.1 Å². The van der Waals surface area contributed by atoms with Gasteiger partial charge in [0.2, 0.25) is 0 Å². The van der Waals surface area contributed by atoms with Crippen molar-refractivity contribution >= 4 is 29.5 Å². The maximum Gasteiger partial charge on any atom is 0.268 e. The molecule has 1 aromatic heterocycles. The minimum absolute atomic E-state index is 0.0135. The Morgan fingerprint density at radius 2 is 1.81 bits per heavy atom. The zero-order valence-electron chi connectivity index (χ0n) is 17.3. The van der Waals surface area contributed by atoms with E-state index in [-0.39, 0.29) is 17.7 Å². The zero-order valence-corrected chi connectivity index (χ0v) is 18.1. The predicted octanol–water partition coefficient (Wildman–Crippen LogP) is 4.67. The van der Waals surface area contributed by atoms with Crippen LogP contribution in [0.1, 0.15) is 29.0 Å². The van der Waals surface area contributed by atoms with Gasteiger partial charge in [-0.25, -0.2) is 0 Å². The highest BCUT2D eigenvalue weighted by Crippen LogP contribution is 2.29. The van der Waals surface area contributed by atoms with Gasteiger partial charge in [0.1, 0.15) is 17.2 Å². The van der Waals surface area contributed by atoms with Crippen LogP contribution in [0.2, 0.25) is 5.02 Å². The molecular weight excluding hydrogens is 428 g/mol. The standard InChI is InChI=1S/C25H23ClN2O4/c26-21-11-5-4-10-20(21)23-13-12-18(32-23)15-22(25(30)27-16-19-9-6-14-31-19)28-24(29)17-7-2-1-3-8-17/h1-5,7-8,10-13,15,19H,6,9,14,16H2,(H,27,30)(H,28,29)/b22-15-/t19-/m1/s1. The van der Waals surface area contributed by atoms with Crippen LogP contribution < -0.4 is 10.6 Å². The minimum Gasteiger partial charge on any atom is -0.457 e. The van der Waals surface area contributed by atoms with Crippen LogP contribution in [0.5, 0.6) is 0 Å². The molecule has 2 N–H and O–H groups in total. The van der Waals surface area contributed by atoms with Gasteiger partial charge in [-0.1, -0.05) is 41.9 Å². The Bertz CT molecular complexity index is 1120. The van der Waals surface area contributed by atoms with E-state index >= 15 is 0 Å². The molecule has 1 aliphatic rings.